The van der Waals surface area contributed by atoms with Crippen molar-refractivity contribution >= 4 is 11.9 Å². The summed E-state index contributed by atoms with van der Waals surface area (Å²) in [6, 6.07) is 0. The first-order chi connectivity index (χ1) is 14.2. The summed E-state index contributed by atoms with van der Waals surface area (Å²) in [6.45, 7) is 6.40. The van der Waals surface area contributed by atoms with E-state index in [-0.39, 0.29) is 18.4 Å². The van der Waals surface area contributed by atoms with Crippen LogP contribution >= 0.6 is 0 Å². The number of rotatable bonds is 5. The fourth-order valence-corrected chi connectivity index (χ4v) is 7.44. The first-order valence-electron chi connectivity index (χ1n) is 11.1. The SMILES string of the molecule is C=C1C[C@]23C[C@@]1(O)CC[C@H]2C1=C[C@H]2OC(=O)[C@@](C)([C@H]1[C@@H]3C(=O)NCCCCO)[C@H]2O. The molecular weight excluding hydrogens is 386 g/mol. The molecule has 164 valence electrons. The van der Waals surface area contributed by atoms with Crippen molar-refractivity contribution in [3.05, 3.63) is 23.8 Å². The first-order valence-corrected chi connectivity index (χ1v) is 11.1. The fraction of sp³-hybridized carbons (Fsp3) is 0.739. The number of carbonyl (C=O) groups excluding carboxylic acids is 2. The van der Waals surface area contributed by atoms with E-state index >= 15 is 0 Å². The van der Waals surface area contributed by atoms with Crippen LogP contribution in [-0.4, -0.2) is 58.2 Å². The standard InChI is InChI=1S/C23H31NO6/c1-12-10-22-11-23(12,29)6-5-14(22)13-9-15-18(26)21(2,20(28)30-15)16(13)17(22)19(27)24-7-3-4-8-25/h9,14-18,25-26,29H,1,3-8,10-11H2,2H3,(H,24,27)/t14-,15+,16+,17+,18-,21-,22-,23-/m0/s1. The summed E-state index contributed by atoms with van der Waals surface area (Å²) < 4.78 is 5.48. The minimum absolute atomic E-state index is 0.0686. The lowest BCUT2D eigenvalue weighted by Crippen LogP contribution is -2.52. The number of esters is 1. The molecule has 5 aliphatic rings. The maximum atomic E-state index is 13.6. The Labute approximate surface area is 176 Å². The summed E-state index contributed by atoms with van der Waals surface area (Å²) in [4.78, 5) is 26.5. The zero-order valence-electron chi connectivity index (χ0n) is 17.4. The molecule has 1 spiro atoms. The monoisotopic (exact) mass is 417 g/mol. The van der Waals surface area contributed by atoms with Crippen molar-refractivity contribution in [1.29, 1.82) is 0 Å². The number of unbranched alkanes of at least 4 members (excludes halogenated alkanes) is 1. The second-order valence-electron chi connectivity index (χ2n) is 10.3. The van der Waals surface area contributed by atoms with Crippen LogP contribution in [0.2, 0.25) is 0 Å². The molecule has 5 rings (SSSR count). The van der Waals surface area contributed by atoms with Crippen molar-refractivity contribution < 1.29 is 29.6 Å². The number of carbonyl (C=O) groups is 2. The molecule has 1 aliphatic heterocycles. The van der Waals surface area contributed by atoms with E-state index in [0.717, 1.165) is 17.6 Å². The van der Waals surface area contributed by atoms with E-state index in [9.17, 15) is 19.8 Å². The van der Waals surface area contributed by atoms with Crippen LogP contribution in [0.1, 0.15) is 45.4 Å². The smallest absolute Gasteiger partial charge is 0.315 e. The summed E-state index contributed by atoms with van der Waals surface area (Å²) in [7, 11) is 0. The lowest BCUT2D eigenvalue weighted by atomic mass is 9.60. The maximum Gasteiger partial charge on any atom is 0.315 e. The van der Waals surface area contributed by atoms with Crippen molar-refractivity contribution in [1.82, 2.24) is 5.32 Å². The van der Waals surface area contributed by atoms with Gasteiger partial charge in [-0.3, -0.25) is 9.59 Å². The third-order valence-electron chi connectivity index (χ3n) is 8.85. The predicted octanol–water partition coefficient (Wildman–Crippen LogP) is 0.831. The van der Waals surface area contributed by atoms with E-state index in [1.165, 1.54) is 0 Å². The summed E-state index contributed by atoms with van der Waals surface area (Å²) >= 11 is 0. The van der Waals surface area contributed by atoms with E-state index in [1.54, 1.807) is 6.92 Å². The molecule has 30 heavy (non-hydrogen) atoms. The zero-order chi connectivity index (χ0) is 21.5. The van der Waals surface area contributed by atoms with Crippen LogP contribution in [-0.2, 0) is 14.3 Å². The van der Waals surface area contributed by atoms with Gasteiger partial charge in [-0.25, -0.2) is 0 Å². The number of aliphatic hydroxyl groups is 3. The zero-order valence-corrected chi connectivity index (χ0v) is 17.4. The summed E-state index contributed by atoms with van der Waals surface area (Å²) in [5, 5.41) is 34.1. The lowest BCUT2D eigenvalue weighted by molar-refractivity contribution is -0.151. The molecule has 4 N–H and O–H groups in total. The van der Waals surface area contributed by atoms with E-state index in [0.29, 0.717) is 38.6 Å². The van der Waals surface area contributed by atoms with E-state index in [2.05, 4.69) is 11.9 Å². The number of amides is 1. The number of ether oxygens (including phenoxy) is 1. The summed E-state index contributed by atoms with van der Waals surface area (Å²) in [6.07, 6.45) is 3.88. The van der Waals surface area contributed by atoms with Crippen LogP contribution in [0.3, 0.4) is 0 Å². The van der Waals surface area contributed by atoms with E-state index < -0.39 is 46.4 Å². The quantitative estimate of drug-likeness (QED) is 0.299. The Morgan fingerprint density at radius 1 is 1.40 bits per heavy atom. The Morgan fingerprint density at radius 2 is 2.17 bits per heavy atom. The molecule has 4 bridgehead atoms. The predicted molar refractivity (Wildman–Crippen MR) is 107 cm³/mol. The van der Waals surface area contributed by atoms with Gasteiger partial charge >= 0.3 is 5.97 Å². The minimum atomic E-state index is -1.17. The van der Waals surface area contributed by atoms with Gasteiger partial charge in [0.15, 0.2) is 0 Å². The molecule has 0 aromatic heterocycles. The molecule has 1 saturated heterocycles. The van der Waals surface area contributed by atoms with Crippen LogP contribution in [0, 0.1) is 28.6 Å². The van der Waals surface area contributed by atoms with Crippen molar-refractivity contribution in [3.63, 3.8) is 0 Å². The van der Waals surface area contributed by atoms with Gasteiger partial charge in [0, 0.05) is 19.1 Å². The number of fused-ring (bicyclic) bond motifs is 6. The van der Waals surface area contributed by atoms with Crippen molar-refractivity contribution in [3.8, 4) is 0 Å². The molecule has 0 aromatic carbocycles. The minimum Gasteiger partial charge on any atom is -0.455 e. The van der Waals surface area contributed by atoms with Gasteiger partial charge in [-0.1, -0.05) is 12.2 Å². The molecule has 1 heterocycles. The first kappa shape index (κ1) is 20.2. The Balaban J connectivity index is 1.59. The summed E-state index contributed by atoms with van der Waals surface area (Å²) in [5.41, 5.74) is -0.795. The molecule has 4 aliphatic carbocycles. The van der Waals surface area contributed by atoms with Gasteiger partial charge in [0.05, 0.1) is 11.5 Å². The molecule has 0 radical (unpaired) electrons. The normalized spacial score (nSPS) is 48.1. The van der Waals surface area contributed by atoms with Gasteiger partial charge < -0.3 is 25.4 Å². The highest BCUT2D eigenvalue weighted by Crippen LogP contribution is 2.74. The highest BCUT2D eigenvalue weighted by Gasteiger charge is 2.75. The second-order valence-corrected chi connectivity index (χ2v) is 10.3. The van der Waals surface area contributed by atoms with Gasteiger partial charge in [-0.2, -0.15) is 0 Å². The number of nitrogens with one attached hydrogen (secondary N) is 1. The molecule has 7 heteroatoms. The highest BCUT2D eigenvalue weighted by molar-refractivity contribution is 5.87. The van der Waals surface area contributed by atoms with Crippen LogP contribution in [0.25, 0.3) is 0 Å². The number of allylic oxidation sites excluding steroid dienone is 1. The average molecular weight is 418 g/mol. The number of hydrogen-bond donors (Lipinski definition) is 4. The van der Waals surface area contributed by atoms with Gasteiger partial charge in [-0.05, 0) is 68.4 Å². The molecule has 1 amide bonds. The second kappa shape index (κ2) is 6.40. The molecule has 0 unspecified atom stereocenters. The van der Waals surface area contributed by atoms with E-state index in [1.807, 2.05) is 6.08 Å². The number of hydrogen-bond acceptors (Lipinski definition) is 6. The largest absolute Gasteiger partial charge is 0.455 e. The van der Waals surface area contributed by atoms with Gasteiger partial charge in [0.2, 0.25) is 5.91 Å². The van der Waals surface area contributed by atoms with Crippen molar-refractivity contribution in [2.75, 3.05) is 13.2 Å². The Bertz CT molecular complexity index is 853. The fourth-order valence-electron chi connectivity index (χ4n) is 7.44. The Hall–Kier alpha value is -1.70. The van der Waals surface area contributed by atoms with Crippen LogP contribution in [0.5, 0.6) is 0 Å². The molecule has 3 saturated carbocycles. The molecule has 7 nitrogen and oxygen atoms in total. The van der Waals surface area contributed by atoms with Crippen LogP contribution in [0.4, 0.5) is 0 Å². The van der Waals surface area contributed by atoms with Gasteiger partial charge in [0.1, 0.15) is 17.6 Å². The van der Waals surface area contributed by atoms with E-state index in [4.69, 9.17) is 9.84 Å². The third kappa shape index (κ3) is 2.31. The van der Waals surface area contributed by atoms with Crippen LogP contribution < -0.4 is 5.32 Å². The maximum absolute atomic E-state index is 13.6. The van der Waals surface area contributed by atoms with Crippen LogP contribution in [0.15, 0.2) is 23.8 Å². The molecular formula is C23H31NO6. The Morgan fingerprint density at radius 3 is 2.90 bits per heavy atom. The molecule has 4 fully saturated rings. The van der Waals surface area contributed by atoms with Gasteiger partial charge in [0.25, 0.3) is 0 Å². The third-order valence-corrected chi connectivity index (χ3v) is 8.85. The van der Waals surface area contributed by atoms with Crippen molar-refractivity contribution in [2.45, 2.75) is 63.3 Å². The average Bonchev–Trinajstić information content (AvgIpc) is 3.14. The highest BCUT2D eigenvalue weighted by atomic mass is 16.6. The number of aliphatic hydroxyl groups excluding tert-OH is 2. The Kier molecular flexibility index (Phi) is 4.32. The topological polar surface area (TPSA) is 116 Å². The lowest BCUT2D eigenvalue weighted by Gasteiger charge is -2.42. The summed E-state index contributed by atoms with van der Waals surface area (Å²) in [5.74, 6) is -1.51. The molecule has 8 atom stereocenters. The van der Waals surface area contributed by atoms with Gasteiger partial charge in [-0.15, -0.1) is 0 Å². The van der Waals surface area contributed by atoms with Crippen molar-refractivity contribution in [2.24, 2.45) is 28.6 Å². The molecule has 0 aromatic rings.